The lowest BCUT2D eigenvalue weighted by molar-refractivity contribution is -0.131. The van der Waals surface area contributed by atoms with Gasteiger partial charge in [0, 0.05) is 0 Å². The number of aliphatic hydroxyl groups excluding tert-OH is 3. The lowest BCUT2D eigenvalue weighted by atomic mass is 10.0. The molecule has 0 saturated heterocycles. The molecule has 0 aromatic carbocycles. The topological polar surface area (TPSA) is 89.8 Å². The Morgan fingerprint density at radius 1 is 0.426 bits per heavy atom. The second-order valence-electron chi connectivity index (χ2n) is 14.9. The van der Waals surface area contributed by atoms with Crippen molar-refractivity contribution in [2.24, 2.45) is 0 Å². The van der Waals surface area contributed by atoms with Gasteiger partial charge in [-0.2, -0.15) is 0 Å². The number of nitrogens with one attached hydrogen (secondary N) is 1. The van der Waals surface area contributed by atoms with Crippen LogP contribution in [-0.4, -0.2) is 46.1 Å². The van der Waals surface area contributed by atoms with Crippen LogP contribution in [0.15, 0.2) is 0 Å². The molecule has 5 heteroatoms. The van der Waals surface area contributed by atoms with E-state index >= 15 is 0 Å². The number of unbranched alkanes of at least 4 members (excludes halogenated alkanes) is 31. The SMILES string of the molecule is CCCCCCCCCCCCCCCCCCCCC(O)C(=O)NC(CO)C(O)CCCCCCCCCCCCCCCCC. The molecule has 0 rings (SSSR count). The molecule has 0 aliphatic rings. The summed E-state index contributed by atoms with van der Waals surface area (Å²) in [5.74, 6) is -0.466. The van der Waals surface area contributed by atoms with Crippen LogP contribution in [0.2, 0.25) is 0 Å². The Bertz CT molecular complexity index is 615. The second-order valence-corrected chi connectivity index (χ2v) is 14.9. The molecule has 0 aliphatic heterocycles. The van der Waals surface area contributed by atoms with Gasteiger partial charge in [0.2, 0.25) is 5.91 Å². The van der Waals surface area contributed by atoms with Crippen molar-refractivity contribution in [1.82, 2.24) is 5.32 Å². The number of hydrogen-bond donors (Lipinski definition) is 4. The van der Waals surface area contributed by atoms with E-state index in [1.165, 1.54) is 180 Å². The first-order chi connectivity index (χ1) is 23.1. The molecule has 47 heavy (non-hydrogen) atoms. The largest absolute Gasteiger partial charge is 0.394 e. The molecular formula is C42H85NO4. The maximum Gasteiger partial charge on any atom is 0.249 e. The molecule has 282 valence electrons. The third-order valence-electron chi connectivity index (χ3n) is 10.2. The smallest absolute Gasteiger partial charge is 0.249 e. The van der Waals surface area contributed by atoms with Crippen LogP contribution in [0.5, 0.6) is 0 Å². The minimum Gasteiger partial charge on any atom is -0.394 e. The summed E-state index contributed by atoms with van der Waals surface area (Å²) in [6.45, 7) is 4.24. The van der Waals surface area contributed by atoms with E-state index in [2.05, 4.69) is 19.2 Å². The van der Waals surface area contributed by atoms with Crippen LogP contribution in [-0.2, 0) is 4.79 Å². The Balaban J connectivity index is 3.59. The third kappa shape index (κ3) is 33.6. The highest BCUT2D eigenvalue weighted by Crippen LogP contribution is 2.17. The van der Waals surface area contributed by atoms with Gasteiger partial charge in [-0.25, -0.2) is 0 Å². The molecule has 3 unspecified atom stereocenters. The summed E-state index contributed by atoms with van der Waals surface area (Å²) in [7, 11) is 0. The zero-order valence-corrected chi connectivity index (χ0v) is 31.9. The molecule has 0 bridgehead atoms. The van der Waals surface area contributed by atoms with Crippen LogP contribution in [0.4, 0.5) is 0 Å². The van der Waals surface area contributed by atoms with E-state index in [1.54, 1.807) is 0 Å². The fourth-order valence-electron chi connectivity index (χ4n) is 6.84. The minimum atomic E-state index is -1.07. The maximum atomic E-state index is 12.5. The standard InChI is InChI=1S/C42H85NO4/c1-3-5-7-9-11-13-15-17-19-20-21-23-25-27-29-31-33-35-37-41(46)42(47)43-39(38-44)40(45)36-34-32-30-28-26-24-22-18-16-14-12-10-8-6-4-2/h39-41,44-46H,3-38H2,1-2H3,(H,43,47). The first kappa shape index (κ1) is 46.4. The predicted octanol–water partition coefficient (Wildman–Crippen LogP) is 11.9. The Labute approximate surface area is 294 Å². The van der Waals surface area contributed by atoms with E-state index in [0.717, 1.165) is 32.1 Å². The third-order valence-corrected chi connectivity index (χ3v) is 10.2. The van der Waals surface area contributed by atoms with Crippen LogP contribution >= 0.6 is 0 Å². The summed E-state index contributed by atoms with van der Waals surface area (Å²) in [4.78, 5) is 12.5. The molecule has 0 aromatic heterocycles. The Kier molecular flexibility index (Phi) is 37.6. The van der Waals surface area contributed by atoms with Gasteiger partial charge in [0.25, 0.3) is 0 Å². The predicted molar refractivity (Wildman–Crippen MR) is 204 cm³/mol. The fraction of sp³-hybridized carbons (Fsp3) is 0.976. The first-order valence-corrected chi connectivity index (χ1v) is 21.3. The highest BCUT2D eigenvalue weighted by molar-refractivity contribution is 5.80. The first-order valence-electron chi connectivity index (χ1n) is 21.3. The van der Waals surface area contributed by atoms with Crippen molar-refractivity contribution in [3.8, 4) is 0 Å². The molecule has 1 amide bonds. The molecule has 0 saturated carbocycles. The Morgan fingerprint density at radius 2 is 0.681 bits per heavy atom. The van der Waals surface area contributed by atoms with Crippen molar-refractivity contribution >= 4 is 5.91 Å². The van der Waals surface area contributed by atoms with E-state index < -0.39 is 24.2 Å². The van der Waals surface area contributed by atoms with Crippen molar-refractivity contribution in [1.29, 1.82) is 0 Å². The van der Waals surface area contributed by atoms with Gasteiger partial charge in [0.1, 0.15) is 6.10 Å². The molecule has 3 atom stereocenters. The molecule has 0 aliphatic carbocycles. The van der Waals surface area contributed by atoms with Crippen LogP contribution < -0.4 is 5.32 Å². The van der Waals surface area contributed by atoms with Gasteiger partial charge in [-0.05, 0) is 12.8 Å². The van der Waals surface area contributed by atoms with Gasteiger partial charge in [0.15, 0.2) is 0 Å². The number of hydrogen-bond acceptors (Lipinski definition) is 4. The quantitative estimate of drug-likeness (QED) is 0.0491. The van der Waals surface area contributed by atoms with Crippen molar-refractivity contribution in [2.75, 3.05) is 6.61 Å². The number of aliphatic hydroxyl groups is 3. The summed E-state index contributed by atoms with van der Waals surface area (Å²) in [5.41, 5.74) is 0. The van der Waals surface area contributed by atoms with Crippen LogP contribution in [0.3, 0.4) is 0 Å². The lowest BCUT2D eigenvalue weighted by Crippen LogP contribution is -2.49. The van der Waals surface area contributed by atoms with Crippen LogP contribution in [0, 0.1) is 0 Å². The second kappa shape index (κ2) is 38.2. The van der Waals surface area contributed by atoms with Gasteiger partial charge in [-0.1, -0.05) is 226 Å². The summed E-state index contributed by atoms with van der Waals surface area (Å²) in [6, 6.07) is -0.705. The van der Waals surface area contributed by atoms with Gasteiger partial charge < -0.3 is 20.6 Å². The van der Waals surface area contributed by atoms with Crippen molar-refractivity contribution in [3.63, 3.8) is 0 Å². The fourth-order valence-corrected chi connectivity index (χ4v) is 6.84. The zero-order chi connectivity index (χ0) is 34.5. The normalized spacial score (nSPS) is 13.6. The number of carbonyl (C=O) groups excluding carboxylic acids is 1. The molecule has 5 nitrogen and oxygen atoms in total. The molecule has 0 heterocycles. The Morgan fingerprint density at radius 3 is 0.957 bits per heavy atom. The maximum absolute atomic E-state index is 12.5. The highest BCUT2D eigenvalue weighted by atomic mass is 16.3. The van der Waals surface area contributed by atoms with Gasteiger partial charge in [-0.3, -0.25) is 4.79 Å². The summed E-state index contributed by atoms with van der Waals surface area (Å²) in [5, 5.41) is 33.3. The van der Waals surface area contributed by atoms with Crippen LogP contribution in [0.25, 0.3) is 0 Å². The highest BCUT2D eigenvalue weighted by Gasteiger charge is 2.23. The van der Waals surface area contributed by atoms with Crippen molar-refractivity contribution in [3.05, 3.63) is 0 Å². The average Bonchev–Trinajstić information content (AvgIpc) is 3.07. The molecule has 0 fully saturated rings. The summed E-state index contributed by atoms with van der Waals surface area (Å²) < 4.78 is 0. The van der Waals surface area contributed by atoms with Crippen molar-refractivity contribution in [2.45, 2.75) is 257 Å². The van der Waals surface area contributed by atoms with Gasteiger partial charge in [0.05, 0.1) is 18.8 Å². The number of carbonyl (C=O) groups is 1. The summed E-state index contributed by atoms with van der Waals surface area (Å²) >= 11 is 0. The van der Waals surface area contributed by atoms with E-state index in [-0.39, 0.29) is 6.61 Å². The number of amides is 1. The van der Waals surface area contributed by atoms with E-state index in [1.807, 2.05) is 0 Å². The molecular weight excluding hydrogens is 582 g/mol. The average molecular weight is 668 g/mol. The molecule has 0 aromatic rings. The molecule has 0 radical (unpaired) electrons. The zero-order valence-electron chi connectivity index (χ0n) is 31.9. The van der Waals surface area contributed by atoms with Gasteiger partial charge in [-0.15, -0.1) is 0 Å². The minimum absolute atomic E-state index is 0.308. The summed E-state index contributed by atoms with van der Waals surface area (Å²) in [6.07, 6.45) is 42.4. The van der Waals surface area contributed by atoms with E-state index in [4.69, 9.17) is 0 Å². The Hall–Kier alpha value is -0.650. The van der Waals surface area contributed by atoms with Crippen molar-refractivity contribution < 1.29 is 20.1 Å². The number of rotatable bonds is 39. The van der Waals surface area contributed by atoms with Gasteiger partial charge >= 0.3 is 0 Å². The van der Waals surface area contributed by atoms with E-state index in [9.17, 15) is 20.1 Å². The monoisotopic (exact) mass is 668 g/mol. The lowest BCUT2D eigenvalue weighted by Gasteiger charge is -2.23. The van der Waals surface area contributed by atoms with Crippen LogP contribution in [0.1, 0.15) is 239 Å². The van der Waals surface area contributed by atoms with E-state index in [0.29, 0.717) is 12.8 Å². The molecule has 4 N–H and O–H groups in total. The molecule has 0 spiro atoms.